The van der Waals surface area contributed by atoms with Gasteiger partial charge in [-0.3, -0.25) is 9.10 Å². The van der Waals surface area contributed by atoms with Crippen LogP contribution in [0.2, 0.25) is 5.02 Å². The number of hydrogen-bond donors (Lipinski definition) is 1. The third-order valence-corrected chi connectivity index (χ3v) is 6.87. The minimum absolute atomic E-state index is 0.222. The highest BCUT2D eigenvalue weighted by molar-refractivity contribution is 7.92. The number of rotatable bonds is 7. The number of ether oxygens (including phenoxy) is 1. The Morgan fingerprint density at radius 2 is 1.63 bits per heavy atom. The molecule has 1 N–H and O–H groups in total. The molecule has 0 aliphatic rings. The summed E-state index contributed by atoms with van der Waals surface area (Å²) in [5.74, 6) is -1.43. The molecule has 0 saturated carbocycles. The molecule has 0 fully saturated rings. The van der Waals surface area contributed by atoms with Gasteiger partial charge in [-0.2, -0.15) is 13.2 Å². The molecule has 12 heteroatoms. The van der Waals surface area contributed by atoms with Crippen molar-refractivity contribution < 1.29 is 35.9 Å². The molecular formula is C23H18ClF3N2O5S. The van der Waals surface area contributed by atoms with Gasteiger partial charge >= 0.3 is 12.1 Å². The first-order valence-electron chi connectivity index (χ1n) is 9.86. The molecule has 0 unspecified atom stereocenters. The number of alkyl halides is 3. The lowest BCUT2D eigenvalue weighted by Crippen LogP contribution is -2.38. The van der Waals surface area contributed by atoms with Gasteiger partial charge in [0.1, 0.15) is 6.54 Å². The summed E-state index contributed by atoms with van der Waals surface area (Å²) in [7, 11) is -3.23. The van der Waals surface area contributed by atoms with E-state index in [2.05, 4.69) is 10.1 Å². The van der Waals surface area contributed by atoms with Gasteiger partial charge in [0.15, 0.2) is 0 Å². The lowest BCUT2D eigenvalue weighted by atomic mass is 10.2. The minimum Gasteiger partial charge on any atom is -0.465 e. The fourth-order valence-electron chi connectivity index (χ4n) is 3.06. The van der Waals surface area contributed by atoms with Crippen molar-refractivity contribution in [1.82, 2.24) is 0 Å². The van der Waals surface area contributed by atoms with Gasteiger partial charge in [0, 0.05) is 5.69 Å². The molecule has 1 amide bonds. The Morgan fingerprint density at radius 3 is 2.20 bits per heavy atom. The number of carbonyl (C=O) groups excluding carboxylic acids is 2. The second-order valence-electron chi connectivity index (χ2n) is 7.10. The molecule has 0 aliphatic heterocycles. The third kappa shape index (κ3) is 6.11. The fourth-order valence-corrected chi connectivity index (χ4v) is 4.72. The van der Waals surface area contributed by atoms with Crippen LogP contribution in [0.3, 0.4) is 0 Å². The quantitative estimate of drug-likeness (QED) is 0.438. The summed E-state index contributed by atoms with van der Waals surface area (Å²) < 4.78 is 72.0. The number of sulfonamides is 1. The molecule has 7 nitrogen and oxygen atoms in total. The number of hydrogen-bond acceptors (Lipinski definition) is 5. The molecule has 0 spiro atoms. The first-order chi connectivity index (χ1) is 16.4. The van der Waals surface area contributed by atoms with Gasteiger partial charge in [0.25, 0.3) is 10.0 Å². The van der Waals surface area contributed by atoms with Gasteiger partial charge < -0.3 is 10.1 Å². The Bertz CT molecular complexity index is 1330. The van der Waals surface area contributed by atoms with Crippen molar-refractivity contribution >= 4 is 44.9 Å². The van der Waals surface area contributed by atoms with Crippen LogP contribution in [0.25, 0.3) is 0 Å². The van der Waals surface area contributed by atoms with E-state index in [-0.39, 0.29) is 16.1 Å². The van der Waals surface area contributed by atoms with E-state index >= 15 is 0 Å². The molecule has 3 aromatic rings. The highest BCUT2D eigenvalue weighted by Crippen LogP contribution is 2.38. The highest BCUT2D eigenvalue weighted by Gasteiger charge is 2.35. The lowest BCUT2D eigenvalue weighted by Gasteiger charge is -2.25. The highest BCUT2D eigenvalue weighted by atomic mass is 35.5. The van der Waals surface area contributed by atoms with Crippen LogP contribution >= 0.6 is 11.6 Å². The SMILES string of the molecule is COC(=O)c1ccc(NC(=O)CN(c2ccc(Cl)c(C(F)(F)F)c2)S(=O)(=O)c2ccccc2)cc1. The summed E-state index contributed by atoms with van der Waals surface area (Å²) >= 11 is 5.68. The Morgan fingerprint density at radius 1 is 1.00 bits per heavy atom. The van der Waals surface area contributed by atoms with Crippen molar-refractivity contribution in [3.05, 3.63) is 88.9 Å². The number of halogens is 4. The monoisotopic (exact) mass is 526 g/mol. The molecule has 3 aromatic carbocycles. The molecular weight excluding hydrogens is 509 g/mol. The zero-order chi connectivity index (χ0) is 25.8. The first-order valence-corrected chi connectivity index (χ1v) is 11.7. The molecule has 3 rings (SSSR count). The van der Waals surface area contributed by atoms with Crippen LogP contribution in [0.1, 0.15) is 15.9 Å². The molecule has 0 aromatic heterocycles. The summed E-state index contributed by atoms with van der Waals surface area (Å²) in [6.07, 6.45) is -4.85. The average Bonchev–Trinajstić information content (AvgIpc) is 2.82. The molecule has 184 valence electrons. The number of methoxy groups -OCH3 is 1. The smallest absolute Gasteiger partial charge is 0.417 e. The van der Waals surface area contributed by atoms with Crippen molar-refractivity contribution in [2.24, 2.45) is 0 Å². The summed E-state index contributed by atoms with van der Waals surface area (Å²) in [5.41, 5.74) is -1.20. The fraction of sp³-hybridized carbons (Fsp3) is 0.130. The van der Waals surface area contributed by atoms with Crippen molar-refractivity contribution in [3.63, 3.8) is 0 Å². The van der Waals surface area contributed by atoms with Crippen molar-refractivity contribution in [3.8, 4) is 0 Å². The van der Waals surface area contributed by atoms with Gasteiger partial charge in [-0.25, -0.2) is 13.2 Å². The zero-order valence-electron chi connectivity index (χ0n) is 18.0. The summed E-state index contributed by atoms with van der Waals surface area (Å²) in [6, 6.07) is 15.1. The Hall–Kier alpha value is -3.57. The number of nitrogens with one attached hydrogen (secondary N) is 1. The van der Waals surface area contributed by atoms with Gasteiger partial charge in [-0.15, -0.1) is 0 Å². The summed E-state index contributed by atoms with van der Waals surface area (Å²) in [5, 5.41) is 1.84. The Kier molecular flexibility index (Phi) is 7.71. The Balaban J connectivity index is 1.97. The van der Waals surface area contributed by atoms with E-state index in [1.807, 2.05) is 0 Å². The van der Waals surface area contributed by atoms with E-state index in [9.17, 15) is 31.2 Å². The maximum Gasteiger partial charge on any atom is 0.417 e. The number of benzene rings is 3. The van der Waals surface area contributed by atoms with Gasteiger partial charge in [-0.1, -0.05) is 29.8 Å². The lowest BCUT2D eigenvalue weighted by molar-refractivity contribution is -0.137. The molecule has 0 radical (unpaired) electrons. The Labute approximate surface area is 204 Å². The van der Waals surface area contributed by atoms with E-state index in [1.165, 1.54) is 55.6 Å². The van der Waals surface area contributed by atoms with Crippen LogP contribution in [0, 0.1) is 0 Å². The predicted molar refractivity (Wildman–Crippen MR) is 124 cm³/mol. The van der Waals surface area contributed by atoms with Crippen LogP contribution in [0.4, 0.5) is 24.5 Å². The second kappa shape index (κ2) is 10.4. The van der Waals surface area contributed by atoms with E-state index < -0.39 is 50.9 Å². The van der Waals surface area contributed by atoms with Crippen molar-refractivity contribution in [2.75, 3.05) is 23.3 Å². The largest absolute Gasteiger partial charge is 0.465 e. The standard InChI is InChI=1S/C23H18ClF3N2O5S/c1-34-22(31)15-7-9-16(10-8-15)28-21(30)14-29(35(32,33)18-5-3-2-4-6-18)17-11-12-20(24)19(13-17)23(25,26)27/h2-13H,14H2,1H3,(H,28,30). The second-order valence-corrected chi connectivity index (χ2v) is 9.37. The summed E-state index contributed by atoms with van der Waals surface area (Å²) in [6.45, 7) is -0.838. The summed E-state index contributed by atoms with van der Waals surface area (Å²) in [4.78, 5) is 24.1. The number of carbonyl (C=O) groups is 2. The zero-order valence-corrected chi connectivity index (χ0v) is 19.6. The van der Waals surface area contributed by atoms with E-state index in [0.717, 1.165) is 12.1 Å². The topological polar surface area (TPSA) is 92.8 Å². The average molecular weight is 527 g/mol. The predicted octanol–water partition coefficient (Wildman–Crippen LogP) is 4.98. The van der Waals surface area contributed by atoms with Crippen LogP contribution in [0.15, 0.2) is 77.7 Å². The van der Waals surface area contributed by atoms with E-state index in [4.69, 9.17) is 11.6 Å². The first kappa shape index (κ1) is 26.0. The van der Waals surface area contributed by atoms with Gasteiger partial charge in [0.05, 0.1) is 33.8 Å². The van der Waals surface area contributed by atoms with E-state index in [0.29, 0.717) is 10.4 Å². The van der Waals surface area contributed by atoms with Crippen molar-refractivity contribution in [2.45, 2.75) is 11.1 Å². The molecule has 0 bridgehead atoms. The van der Waals surface area contributed by atoms with Crippen LogP contribution in [-0.2, 0) is 25.7 Å². The van der Waals surface area contributed by atoms with Crippen LogP contribution in [0.5, 0.6) is 0 Å². The number of anilines is 2. The minimum atomic E-state index is -4.85. The third-order valence-electron chi connectivity index (χ3n) is 4.75. The molecule has 0 atom stereocenters. The van der Waals surface area contributed by atoms with Gasteiger partial charge in [-0.05, 0) is 54.6 Å². The normalized spacial score (nSPS) is 11.6. The van der Waals surface area contributed by atoms with Crippen molar-refractivity contribution in [1.29, 1.82) is 0 Å². The molecule has 0 aliphatic carbocycles. The number of nitrogens with zero attached hydrogens (tertiary/aromatic N) is 1. The maximum absolute atomic E-state index is 13.4. The van der Waals surface area contributed by atoms with Crippen LogP contribution in [-0.4, -0.2) is 33.9 Å². The van der Waals surface area contributed by atoms with Crippen LogP contribution < -0.4 is 9.62 Å². The maximum atomic E-state index is 13.4. The van der Waals surface area contributed by atoms with E-state index in [1.54, 1.807) is 6.07 Å². The molecule has 0 saturated heterocycles. The molecule has 0 heterocycles. The van der Waals surface area contributed by atoms with Gasteiger partial charge in [0.2, 0.25) is 5.91 Å². The molecule has 35 heavy (non-hydrogen) atoms. The number of amides is 1. The number of esters is 1.